The van der Waals surface area contributed by atoms with Crippen LogP contribution in [0.25, 0.3) is 11.4 Å². The van der Waals surface area contributed by atoms with Crippen LogP contribution in [0.1, 0.15) is 12.8 Å². The molecule has 4 rings (SSSR count). The molecule has 0 spiro atoms. The van der Waals surface area contributed by atoms with Gasteiger partial charge in [-0.25, -0.2) is 0 Å². The van der Waals surface area contributed by atoms with E-state index in [-0.39, 0.29) is 24.8 Å². The summed E-state index contributed by atoms with van der Waals surface area (Å²) in [5.41, 5.74) is 2.07. The van der Waals surface area contributed by atoms with Crippen molar-refractivity contribution in [1.29, 1.82) is 0 Å². The molecule has 2 aromatic carbocycles. The molecule has 0 fully saturated rings. The molecule has 0 atom stereocenters. The average molecular weight is 460 g/mol. The molecule has 2 heterocycles. The lowest BCUT2D eigenvalue weighted by Crippen LogP contribution is -2.19. The molecule has 0 aliphatic heterocycles. The largest absolute Gasteiger partial charge is 0.497 e. The SMILES string of the molecule is COc1ccc(NC(=O)Cn2cc(NC(=O)CCCn3nnc(-c4ccccc4)n3)cn2)cc1. The molecular weight excluding hydrogens is 436 g/mol. The summed E-state index contributed by atoms with van der Waals surface area (Å²) < 4.78 is 6.55. The van der Waals surface area contributed by atoms with Crippen LogP contribution in [0.3, 0.4) is 0 Å². The van der Waals surface area contributed by atoms with Crippen LogP contribution in [-0.4, -0.2) is 48.9 Å². The van der Waals surface area contributed by atoms with Gasteiger partial charge in [-0.2, -0.15) is 9.90 Å². The van der Waals surface area contributed by atoms with Crippen LogP contribution in [-0.2, 0) is 22.7 Å². The second-order valence-electron chi connectivity index (χ2n) is 7.43. The van der Waals surface area contributed by atoms with Crippen molar-refractivity contribution in [3.05, 3.63) is 67.0 Å². The van der Waals surface area contributed by atoms with Gasteiger partial charge in [0.2, 0.25) is 17.6 Å². The minimum atomic E-state index is -0.235. The molecule has 0 radical (unpaired) electrons. The molecule has 2 aromatic heterocycles. The van der Waals surface area contributed by atoms with Crippen molar-refractivity contribution in [2.45, 2.75) is 25.9 Å². The number of tetrazole rings is 1. The summed E-state index contributed by atoms with van der Waals surface area (Å²) in [7, 11) is 1.58. The van der Waals surface area contributed by atoms with Crippen molar-refractivity contribution in [3.8, 4) is 17.1 Å². The third-order valence-electron chi connectivity index (χ3n) is 4.84. The number of carbonyl (C=O) groups is 2. The molecule has 0 unspecified atom stereocenters. The minimum absolute atomic E-state index is 0.0175. The third-order valence-corrected chi connectivity index (χ3v) is 4.84. The zero-order chi connectivity index (χ0) is 23.8. The van der Waals surface area contributed by atoms with Gasteiger partial charge in [-0.1, -0.05) is 30.3 Å². The Morgan fingerprint density at radius 2 is 1.74 bits per heavy atom. The summed E-state index contributed by atoms with van der Waals surface area (Å²) in [6.07, 6.45) is 3.94. The molecule has 2 N–H and O–H groups in total. The van der Waals surface area contributed by atoms with Crippen LogP contribution in [0.5, 0.6) is 5.75 Å². The Morgan fingerprint density at radius 3 is 2.50 bits per heavy atom. The van der Waals surface area contributed by atoms with Gasteiger partial charge >= 0.3 is 0 Å². The van der Waals surface area contributed by atoms with Gasteiger partial charge in [-0.05, 0) is 35.9 Å². The molecular formula is C23H24N8O3. The molecule has 0 saturated carbocycles. The molecule has 11 nitrogen and oxygen atoms in total. The minimum Gasteiger partial charge on any atom is -0.497 e. The van der Waals surface area contributed by atoms with E-state index in [2.05, 4.69) is 31.1 Å². The van der Waals surface area contributed by atoms with E-state index in [1.54, 1.807) is 37.6 Å². The lowest BCUT2D eigenvalue weighted by atomic mass is 10.2. The number of hydrogen-bond acceptors (Lipinski definition) is 7. The van der Waals surface area contributed by atoms with Crippen LogP contribution >= 0.6 is 0 Å². The number of benzene rings is 2. The number of ether oxygens (including phenoxy) is 1. The third kappa shape index (κ3) is 6.25. The van der Waals surface area contributed by atoms with Gasteiger partial charge < -0.3 is 15.4 Å². The fourth-order valence-corrected chi connectivity index (χ4v) is 3.18. The van der Waals surface area contributed by atoms with Gasteiger partial charge in [-0.15, -0.1) is 10.2 Å². The smallest absolute Gasteiger partial charge is 0.246 e. The van der Waals surface area contributed by atoms with E-state index in [4.69, 9.17) is 4.74 Å². The summed E-state index contributed by atoms with van der Waals surface area (Å²) in [5, 5.41) is 22.1. The normalized spacial score (nSPS) is 10.6. The van der Waals surface area contributed by atoms with Gasteiger partial charge in [0.1, 0.15) is 12.3 Å². The number of hydrogen-bond donors (Lipinski definition) is 2. The molecule has 4 aromatic rings. The van der Waals surface area contributed by atoms with Crippen molar-refractivity contribution in [3.63, 3.8) is 0 Å². The predicted octanol–water partition coefficient (Wildman–Crippen LogP) is 2.60. The van der Waals surface area contributed by atoms with E-state index in [0.29, 0.717) is 35.9 Å². The van der Waals surface area contributed by atoms with Crippen molar-refractivity contribution >= 4 is 23.2 Å². The number of methoxy groups -OCH3 is 1. The first kappa shape index (κ1) is 22.6. The van der Waals surface area contributed by atoms with E-state index in [0.717, 1.165) is 5.56 Å². The van der Waals surface area contributed by atoms with Crippen LogP contribution in [0, 0.1) is 0 Å². The van der Waals surface area contributed by atoms with Crippen molar-refractivity contribution in [2.75, 3.05) is 17.7 Å². The number of aryl methyl sites for hydroxylation is 1. The molecule has 0 bridgehead atoms. The molecule has 0 aliphatic rings. The number of nitrogens with zero attached hydrogens (tertiary/aromatic N) is 6. The van der Waals surface area contributed by atoms with Crippen LogP contribution < -0.4 is 15.4 Å². The number of anilines is 2. The number of carbonyl (C=O) groups excluding carboxylic acids is 2. The van der Waals surface area contributed by atoms with Crippen molar-refractivity contribution < 1.29 is 14.3 Å². The van der Waals surface area contributed by atoms with E-state index in [9.17, 15) is 9.59 Å². The summed E-state index contributed by atoms with van der Waals surface area (Å²) >= 11 is 0. The van der Waals surface area contributed by atoms with E-state index >= 15 is 0 Å². The maximum Gasteiger partial charge on any atom is 0.246 e. The zero-order valence-corrected chi connectivity index (χ0v) is 18.6. The van der Waals surface area contributed by atoms with Crippen molar-refractivity contribution in [2.24, 2.45) is 0 Å². The Morgan fingerprint density at radius 1 is 0.971 bits per heavy atom. The predicted molar refractivity (Wildman–Crippen MR) is 125 cm³/mol. The topological polar surface area (TPSA) is 129 Å². The maximum absolute atomic E-state index is 12.3. The Balaban J connectivity index is 1.19. The molecule has 2 amide bonds. The highest BCUT2D eigenvalue weighted by Crippen LogP contribution is 2.15. The molecule has 34 heavy (non-hydrogen) atoms. The first-order valence-electron chi connectivity index (χ1n) is 10.7. The summed E-state index contributed by atoms with van der Waals surface area (Å²) in [5.74, 6) is 0.861. The van der Waals surface area contributed by atoms with Gasteiger partial charge in [0, 0.05) is 23.9 Å². The van der Waals surface area contributed by atoms with Gasteiger partial charge in [0.25, 0.3) is 0 Å². The fourth-order valence-electron chi connectivity index (χ4n) is 3.18. The lowest BCUT2D eigenvalue weighted by Gasteiger charge is -2.06. The first-order valence-corrected chi connectivity index (χ1v) is 10.7. The molecule has 0 aliphatic carbocycles. The Hall–Kier alpha value is -4.54. The quantitative estimate of drug-likeness (QED) is 0.372. The highest BCUT2D eigenvalue weighted by Gasteiger charge is 2.09. The lowest BCUT2D eigenvalue weighted by molar-refractivity contribution is -0.117. The van der Waals surface area contributed by atoms with Crippen LogP contribution in [0.15, 0.2) is 67.0 Å². The van der Waals surface area contributed by atoms with Crippen LogP contribution in [0.2, 0.25) is 0 Å². The average Bonchev–Trinajstić information content (AvgIpc) is 3.50. The standard InChI is InChI=1S/C23H24N8O3/c1-34-20-11-9-18(10-12-20)25-22(33)16-30-15-19(14-24-30)26-21(32)8-5-13-31-28-23(27-29-31)17-6-3-2-4-7-17/h2-4,6-7,9-12,14-15H,5,8,13,16H2,1H3,(H,25,33)(H,26,32). The number of nitrogens with one attached hydrogen (secondary N) is 2. The monoisotopic (exact) mass is 460 g/mol. The number of aromatic nitrogens is 6. The molecule has 11 heteroatoms. The van der Waals surface area contributed by atoms with Gasteiger partial charge in [0.05, 0.1) is 25.5 Å². The molecule has 174 valence electrons. The van der Waals surface area contributed by atoms with E-state index in [1.165, 1.54) is 15.7 Å². The zero-order valence-electron chi connectivity index (χ0n) is 18.6. The van der Waals surface area contributed by atoms with E-state index < -0.39 is 0 Å². The highest BCUT2D eigenvalue weighted by atomic mass is 16.5. The Bertz CT molecular complexity index is 1230. The molecule has 0 saturated heterocycles. The van der Waals surface area contributed by atoms with Gasteiger partial charge in [-0.3, -0.25) is 14.3 Å². The number of amides is 2. The highest BCUT2D eigenvalue weighted by molar-refractivity contribution is 5.91. The van der Waals surface area contributed by atoms with Crippen LogP contribution in [0.4, 0.5) is 11.4 Å². The van der Waals surface area contributed by atoms with Gasteiger partial charge in [0.15, 0.2) is 0 Å². The Kier molecular flexibility index (Phi) is 7.23. The maximum atomic E-state index is 12.3. The first-order chi connectivity index (χ1) is 16.6. The summed E-state index contributed by atoms with van der Waals surface area (Å²) in [4.78, 5) is 26.0. The second kappa shape index (κ2) is 10.9. The summed E-state index contributed by atoms with van der Waals surface area (Å²) in [6, 6.07) is 16.6. The second-order valence-corrected chi connectivity index (χ2v) is 7.43. The summed E-state index contributed by atoms with van der Waals surface area (Å²) in [6.45, 7) is 0.488. The fraction of sp³-hybridized carbons (Fsp3) is 0.217. The number of rotatable bonds is 10. The van der Waals surface area contributed by atoms with Crippen molar-refractivity contribution in [1.82, 2.24) is 30.0 Å². The Labute approximate surface area is 195 Å². The van der Waals surface area contributed by atoms with E-state index in [1.807, 2.05) is 30.3 Å².